The average molecular weight is 421 g/mol. The predicted octanol–water partition coefficient (Wildman–Crippen LogP) is 4.21. The molecule has 8 nitrogen and oxygen atoms in total. The van der Waals surface area contributed by atoms with Crippen LogP contribution in [0.2, 0.25) is 5.02 Å². The summed E-state index contributed by atoms with van der Waals surface area (Å²) in [5.74, 6) is -0.450. The van der Waals surface area contributed by atoms with E-state index in [9.17, 15) is 19.7 Å². The first-order chi connectivity index (χ1) is 13.8. The van der Waals surface area contributed by atoms with E-state index in [0.717, 1.165) is 5.56 Å². The van der Waals surface area contributed by atoms with Gasteiger partial charge in [0.2, 0.25) is 0 Å². The molecule has 0 fully saturated rings. The van der Waals surface area contributed by atoms with Crippen LogP contribution in [0, 0.1) is 24.0 Å². The third-order valence-electron chi connectivity index (χ3n) is 3.99. The van der Waals surface area contributed by atoms with Gasteiger partial charge < -0.3 is 14.8 Å². The van der Waals surface area contributed by atoms with Gasteiger partial charge >= 0.3 is 5.97 Å². The first kappa shape index (κ1) is 22.2. The van der Waals surface area contributed by atoms with Crippen molar-refractivity contribution in [3.63, 3.8) is 0 Å². The summed E-state index contributed by atoms with van der Waals surface area (Å²) < 4.78 is 10.5. The molecule has 9 heteroatoms. The van der Waals surface area contributed by atoms with Gasteiger partial charge in [0.15, 0.2) is 6.61 Å². The summed E-state index contributed by atoms with van der Waals surface area (Å²) in [5.41, 5.74) is 1.71. The van der Waals surface area contributed by atoms with Gasteiger partial charge in [-0.15, -0.1) is 0 Å². The summed E-state index contributed by atoms with van der Waals surface area (Å²) in [7, 11) is 0. The summed E-state index contributed by atoms with van der Waals surface area (Å²) in [6, 6.07) is 9.42. The molecule has 1 amide bonds. The van der Waals surface area contributed by atoms with Crippen molar-refractivity contribution in [2.24, 2.45) is 0 Å². The van der Waals surface area contributed by atoms with Crippen LogP contribution in [-0.4, -0.2) is 30.0 Å². The number of nitrogens with one attached hydrogen (secondary N) is 1. The fourth-order valence-electron chi connectivity index (χ4n) is 2.38. The Morgan fingerprint density at radius 3 is 2.59 bits per heavy atom. The van der Waals surface area contributed by atoms with Crippen molar-refractivity contribution in [1.82, 2.24) is 0 Å². The van der Waals surface area contributed by atoms with E-state index in [-0.39, 0.29) is 12.1 Å². The summed E-state index contributed by atoms with van der Waals surface area (Å²) in [6.07, 6.45) is 0.516. The second kappa shape index (κ2) is 10.4. The fourth-order valence-corrected chi connectivity index (χ4v) is 2.49. The predicted molar refractivity (Wildman–Crippen MR) is 108 cm³/mol. The molecule has 2 aromatic carbocycles. The van der Waals surface area contributed by atoms with E-state index >= 15 is 0 Å². The number of carbonyl (C=O) groups is 2. The summed E-state index contributed by atoms with van der Waals surface area (Å²) in [5, 5.41) is 14.0. The number of halogens is 1. The van der Waals surface area contributed by atoms with Crippen LogP contribution >= 0.6 is 11.6 Å². The molecule has 0 heterocycles. The number of aryl methyl sites for hydroxylation is 2. The van der Waals surface area contributed by atoms with Gasteiger partial charge in [0.25, 0.3) is 11.6 Å². The highest BCUT2D eigenvalue weighted by atomic mass is 35.5. The number of ether oxygens (including phenoxy) is 2. The maximum Gasteiger partial charge on any atom is 0.306 e. The molecule has 0 aliphatic heterocycles. The minimum absolute atomic E-state index is 0.0929. The molecular weight excluding hydrogens is 400 g/mol. The SMILES string of the molecule is Cc1cc(OCCCC(=O)OCC(=O)Nc2cc([N+](=O)[O-])ccc2C)ccc1Cl. The third kappa shape index (κ3) is 7.08. The number of carbonyl (C=O) groups excluding carboxylic acids is 2. The first-order valence-electron chi connectivity index (χ1n) is 8.85. The number of nitro groups is 1. The van der Waals surface area contributed by atoms with E-state index in [1.807, 2.05) is 6.92 Å². The van der Waals surface area contributed by atoms with E-state index in [4.69, 9.17) is 21.1 Å². The van der Waals surface area contributed by atoms with Crippen molar-refractivity contribution >= 4 is 34.9 Å². The minimum atomic E-state index is -0.574. The topological polar surface area (TPSA) is 108 Å². The average Bonchev–Trinajstić information content (AvgIpc) is 2.68. The van der Waals surface area contributed by atoms with E-state index in [0.29, 0.717) is 35.1 Å². The summed E-state index contributed by atoms with van der Waals surface area (Å²) in [6.45, 7) is 3.41. The zero-order valence-electron chi connectivity index (χ0n) is 16.1. The molecule has 0 bridgehead atoms. The maximum atomic E-state index is 11.9. The number of hydrogen-bond donors (Lipinski definition) is 1. The molecule has 2 aromatic rings. The maximum absolute atomic E-state index is 11.9. The molecule has 0 atom stereocenters. The number of nitro benzene ring substituents is 1. The lowest BCUT2D eigenvalue weighted by atomic mass is 10.2. The van der Waals surface area contributed by atoms with Gasteiger partial charge in [-0.2, -0.15) is 0 Å². The zero-order valence-corrected chi connectivity index (χ0v) is 16.8. The first-order valence-corrected chi connectivity index (χ1v) is 9.23. The molecule has 0 aliphatic carbocycles. The second-order valence-electron chi connectivity index (χ2n) is 6.33. The van der Waals surface area contributed by atoms with Gasteiger partial charge in [0.1, 0.15) is 5.75 Å². The molecule has 29 heavy (non-hydrogen) atoms. The highest BCUT2D eigenvalue weighted by Crippen LogP contribution is 2.22. The van der Waals surface area contributed by atoms with Crippen LogP contribution in [0.15, 0.2) is 36.4 Å². The zero-order chi connectivity index (χ0) is 21.4. The molecule has 0 aromatic heterocycles. The van der Waals surface area contributed by atoms with Crippen LogP contribution in [0.5, 0.6) is 5.75 Å². The third-order valence-corrected chi connectivity index (χ3v) is 4.42. The van der Waals surface area contributed by atoms with Gasteiger partial charge in [-0.05, 0) is 49.6 Å². The minimum Gasteiger partial charge on any atom is -0.494 e. The molecule has 0 aliphatic rings. The summed E-state index contributed by atoms with van der Waals surface area (Å²) in [4.78, 5) is 34.0. The molecule has 0 saturated heterocycles. The number of non-ortho nitro benzene ring substituents is 1. The van der Waals surface area contributed by atoms with E-state index in [1.54, 1.807) is 25.1 Å². The normalized spacial score (nSPS) is 10.3. The van der Waals surface area contributed by atoms with Crippen LogP contribution in [-0.2, 0) is 14.3 Å². The Morgan fingerprint density at radius 2 is 1.90 bits per heavy atom. The number of anilines is 1. The van der Waals surface area contributed by atoms with E-state index in [1.165, 1.54) is 18.2 Å². The lowest BCUT2D eigenvalue weighted by molar-refractivity contribution is -0.384. The molecule has 0 spiro atoms. The Labute approximate surface area is 172 Å². The molecule has 0 saturated carbocycles. The standard InChI is InChI=1S/C20H21ClN2O6/c1-13-5-6-15(23(26)27)11-18(13)22-19(24)12-29-20(25)4-3-9-28-16-7-8-17(21)14(2)10-16/h5-8,10-11H,3-4,9,12H2,1-2H3,(H,22,24). The van der Waals surface area contributed by atoms with Crippen molar-refractivity contribution in [3.05, 3.63) is 62.7 Å². The Balaban J connectivity index is 1.70. The van der Waals surface area contributed by atoms with Crippen molar-refractivity contribution in [3.8, 4) is 5.75 Å². The lowest BCUT2D eigenvalue weighted by Crippen LogP contribution is -2.21. The quantitative estimate of drug-likeness (QED) is 0.282. The van der Waals surface area contributed by atoms with Crippen molar-refractivity contribution < 1.29 is 24.0 Å². The van der Waals surface area contributed by atoms with Crippen LogP contribution < -0.4 is 10.1 Å². The second-order valence-corrected chi connectivity index (χ2v) is 6.74. The molecule has 0 unspecified atom stereocenters. The van der Waals surface area contributed by atoms with Gasteiger partial charge in [-0.3, -0.25) is 19.7 Å². The molecule has 0 radical (unpaired) electrons. The Morgan fingerprint density at radius 1 is 1.14 bits per heavy atom. The van der Waals surface area contributed by atoms with E-state index in [2.05, 4.69) is 5.32 Å². The molecular formula is C20H21ClN2O6. The number of nitrogens with zero attached hydrogens (tertiary/aromatic N) is 1. The van der Waals surface area contributed by atoms with Crippen molar-refractivity contribution in [2.75, 3.05) is 18.5 Å². The number of benzene rings is 2. The molecule has 1 N–H and O–H groups in total. The molecule has 154 valence electrons. The highest BCUT2D eigenvalue weighted by molar-refractivity contribution is 6.31. The monoisotopic (exact) mass is 420 g/mol. The number of amides is 1. The fraction of sp³-hybridized carbons (Fsp3) is 0.300. The number of hydrogen-bond acceptors (Lipinski definition) is 6. The molecule has 2 rings (SSSR count). The van der Waals surface area contributed by atoms with Gasteiger partial charge in [-0.1, -0.05) is 17.7 Å². The lowest BCUT2D eigenvalue weighted by Gasteiger charge is -2.09. The van der Waals surface area contributed by atoms with Gasteiger partial charge in [-0.25, -0.2) is 0 Å². The van der Waals surface area contributed by atoms with Crippen LogP contribution in [0.1, 0.15) is 24.0 Å². The van der Waals surface area contributed by atoms with E-state index < -0.39 is 23.4 Å². The Bertz CT molecular complexity index is 916. The number of esters is 1. The Hall–Kier alpha value is -3.13. The van der Waals surface area contributed by atoms with Crippen LogP contribution in [0.4, 0.5) is 11.4 Å². The van der Waals surface area contributed by atoms with Crippen molar-refractivity contribution in [2.45, 2.75) is 26.7 Å². The summed E-state index contributed by atoms with van der Waals surface area (Å²) >= 11 is 5.95. The van der Waals surface area contributed by atoms with Crippen LogP contribution in [0.3, 0.4) is 0 Å². The van der Waals surface area contributed by atoms with Gasteiger partial charge in [0.05, 0.1) is 17.2 Å². The Kier molecular flexibility index (Phi) is 7.97. The largest absolute Gasteiger partial charge is 0.494 e. The smallest absolute Gasteiger partial charge is 0.306 e. The van der Waals surface area contributed by atoms with Crippen molar-refractivity contribution in [1.29, 1.82) is 0 Å². The van der Waals surface area contributed by atoms with Gasteiger partial charge in [0, 0.05) is 23.6 Å². The van der Waals surface area contributed by atoms with Crippen LogP contribution in [0.25, 0.3) is 0 Å². The highest BCUT2D eigenvalue weighted by Gasteiger charge is 2.13. The number of rotatable bonds is 9.